The lowest BCUT2D eigenvalue weighted by Gasteiger charge is -2.11. The maximum atomic E-state index is 5.25. The molecule has 1 heterocycles. The average molecular weight is 450 g/mol. The van der Waals surface area contributed by atoms with Gasteiger partial charge in [0.05, 0.1) is 12.8 Å². The van der Waals surface area contributed by atoms with Gasteiger partial charge in [-0.2, -0.15) is 0 Å². The molecule has 0 radical (unpaired) electrons. The van der Waals surface area contributed by atoms with E-state index in [1.165, 1.54) is 5.56 Å². The summed E-state index contributed by atoms with van der Waals surface area (Å²) in [6.45, 7) is 1.35. The van der Waals surface area contributed by atoms with Crippen LogP contribution in [0.4, 0.5) is 0 Å². The summed E-state index contributed by atoms with van der Waals surface area (Å²) in [6.07, 6.45) is 1.66. The van der Waals surface area contributed by atoms with Crippen molar-refractivity contribution >= 4 is 45.9 Å². The second-order valence-electron chi connectivity index (χ2n) is 3.99. The van der Waals surface area contributed by atoms with Crippen LogP contribution in [0, 0.1) is 0 Å². The molecule has 20 heavy (non-hydrogen) atoms. The smallest absolute Gasteiger partial charge is 0.191 e. The van der Waals surface area contributed by atoms with Gasteiger partial charge in [0.15, 0.2) is 5.96 Å². The first-order valence-electron chi connectivity index (χ1n) is 5.99. The molecule has 1 aromatic heterocycles. The highest BCUT2D eigenvalue weighted by Gasteiger charge is 2.00. The Morgan fingerprint density at radius 2 is 1.85 bits per heavy atom. The molecule has 2 aromatic rings. The Kier molecular flexibility index (Phi) is 7.68. The fourth-order valence-corrected chi connectivity index (χ4v) is 1.86. The van der Waals surface area contributed by atoms with Crippen LogP contribution < -0.4 is 10.6 Å². The first-order valence-corrected chi connectivity index (χ1v) is 6.78. The number of halogens is 2. The van der Waals surface area contributed by atoms with Gasteiger partial charge in [0.1, 0.15) is 5.76 Å². The Hall–Kier alpha value is -1.02. The minimum absolute atomic E-state index is 0. The van der Waals surface area contributed by atoms with Crippen LogP contribution in [0.3, 0.4) is 0 Å². The highest BCUT2D eigenvalue weighted by molar-refractivity contribution is 14.0. The number of benzene rings is 1. The molecule has 0 aliphatic carbocycles. The number of hydrogen-bond donors (Lipinski definition) is 2. The third-order valence-electron chi connectivity index (χ3n) is 2.61. The number of aliphatic imine (C=N–C) groups is 1. The number of rotatable bonds is 4. The Labute approximate surface area is 144 Å². The highest BCUT2D eigenvalue weighted by atomic mass is 127. The maximum Gasteiger partial charge on any atom is 0.191 e. The van der Waals surface area contributed by atoms with Gasteiger partial charge in [0.2, 0.25) is 0 Å². The molecule has 0 atom stereocenters. The Balaban J connectivity index is 0.00000200. The highest BCUT2D eigenvalue weighted by Crippen LogP contribution is 2.10. The molecule has 2 rings (SSSR count). The summed E-state index contributed by atoms with van der Waals surface area (Å²) in [5.74, 6) is 1.63. The lowest BCUT2D eigenvalue weighted by molar-refractivity contribution is 0.501. The van der Waals surface area contributed by atoms with Gasteiger partial charge in [-0.3, -0.25) is 4.99 Å². The summed E-state index contributed by atoms with van der Waals surface area (Å²) in [6, 6.07) is 12.0. The lowest BCUT2D eigenvalue weighted by atomic mass is 10.2. The van der Waals surface area contributed by atoms with E-state index in [1.807, 2.05) is 24.3 Å². The molecule has 0 amide bonds. The van der Waals surface area contributed by atoms with Gasteiger partial charge in [0.25, 0.3) is 0 Å². The largest absolute Gasteiger partial charge is 0.467 e. The number of guanidine groups is 1. The van der Waals surface area contributed by atoms with E-state index in [2.05, 4.69) is 43.7 Å². The second-order valence-corrected chi connectivity index (χ2v) is 4.90. The molecule has 0 fully saturated rings. The van der Waals surface area contributed by atoms with Crippen molar-refractivity contribution in [2.75, 3.05) is 7.05 Å². The molecule has 108 valence electrons. The number of hydrogen-bond acceptors (Lipinski definition) is 2. The molecule has 0 saturated carbocycles. The van der Waals surface area contributed by atoms with Crippen molar-refractivity contribution in [3.05, 3.63) is 58.5 Å². The fourth-order valence-electron chi connectivity index (χ4n) is 1.59. The van der Waals surface area contributed by atoms with Crippen molar-refractivity contribution in [2.45, 2.75) is 13.1 Å². The summed E-state index contributed by atoms with van der Waals surface area (Å²) in [4.78, 5) is 4.16. The zero-order valence-corrected chi connectivity index (χ0v) is 15.0. The van der Waals surface area contributed by atoms with Crippen molar-refractivity contribution < 1.29 is 4.42 Å². The molecule has 0 aliphatic rings. The van der Waals surface area contributed by atoms with E-state index in [9.17, 15) is 0 Å². The minimum atomic E-state index is 0. The quantitative estimate of drug-likeness (QED) is 0.426. The predicted molar refractivity (Wildman–Crippen MR) is 95.3 cm³/mol. The standard InChI is InChI=1S/C14H16BrN3O.HI/c1-16-14(18-10-13-3-2-8-19-13)17-9-11-4-6-12(15)7-5-11;/h2-8H,9-10H2,1H3,(H2,16,17,18);1H. The van der Waals surface area contributed by atoms with Gasteiger partial charge in [0, 0.05) is 18.1 Å². The van der Waals surface area contributed by atoms with E-state index in [0.29, 0.717) is 6.54 Å². The van der Waals surface area contributed by atoms with E-state index in [-0.39, 0.29) is 24.0 Å². The van der Waals surface area contributed by atoms with Crippen LogP contribution in [-0.4, -0.2) is 13.0 Å². The zero-order chi connectivity index (χ0) is 13.5. The van der Waals surface area contributed by atoms with Crippen LogP contribution in [0.5, 0.6) is 0 Å². The fraction of sp³-hybridized carbons (Fsp3) is 0.214. The topological polar surface area (TPSA) is 49.6 Å². The summed E-state index contributed by atoms with van der Waals surface area (Å²) in [5, 5.41) is 6.44. The Morgan fingerprint density at radius 1 is 1.15 bits per heavy atom. The number of furan rings is 1. The van der Waals surface area contributed by atoms with Crippen LogP contribution in [-0.2, 0) is 13.1 Å². The molecular formula is C14H17BrIN3O. The first kappa shape index (κ1) is 17.0. The summed E-state index contributed by atoms with van der Waals surface area (Å²) < 4.78 is 6.33. The molecular weight excluding hydrogens is 433 g/mol. The number of nitrogens with zero attached hydrogens (tertiary/aromatic N) is 1. The number of nitrogens with one attached hydrogen (secondary N) is 2. The van der Waals surface area contributed by atoms with Crippen molar-refractivity contribution in [1.82, 2.24) is 10.6 Å². The molecule has 6 heteroatoms. The summed E-state index contributed by atoms with van der Waals surface area (Å²) in [7, 11) is 1.75. The summed E-state index contributed by atoms with van der Waals surface area (Å²) in [5.41, 5.74) is 1.20. The molecule has 1 aromatic carbocycles. The van der Waals surface area contributed by atoms with E-state index in [1.54, 1.807) is 13.3 Å². The van der Waals surface area contributed by atoms with Crippen molar-refractivity contribution in [2.24, 2.45) is 4.99 Å². The van der Waals surface area contributed by atoms with Crippen LogP contribution in [0.25, 0.3) is 0 Å². The second kappa shape index (κ2) is 9.02. The SMILES string of the molecule is CN=C(NCc1ccc(Br)cc1)NCc1ccco1.I. The molecule has 0 unspecified atom stereocenters. The minimum Gasteiger partial charge on any atom is -0.467 e. The van der Waals surface area contributed by atoms with Crippen LogP contribution >= 0.6 is 39.9 Å². The van der Waals surface area contributed by atoms with Crippen molar-refractivity contribution in [3.8, 4) is 0 Å². The third-order valence-corrected chi connectivity index (χ3v) is 3.14. The van der Waals surface area contributed by atoms with E-state index >= 15 is 0 Å². The molecule has 0 spiro atoms. The average Bonchev–Trinajstić information content (AvgIpc) is 2.94. The molecule has 4 nitrogen and oxygen atoms in total. The van der Waals surface area contributed by atoms with Gasteiger partial charge < -0.3 is 15.1 Å². The molecule has 0 saturated heterocycles. The normalized spacial score (nSPS) is 10.8. The molecule has 0 aliphatic heterocycles. The first-order chi connectivity index (χ1) is 9.28. The third kappa shape index (κ3) is 5.54. The maximum absolute atomic E-state index is 5.25. The predicted octanol–water partition coefficient (Wildman–Crippen LogP) is 3.53. The van der Waals surface area contributed by atoms with Crippen LogP contribution in [0.2, 0.25) is 0 Å². The van der Waals surface area contributed by atoms with E-state index in [0.717, 1.165) is 22.7 Å². The molecule has 2 N–H and O–H groups in total. The van der Waals surface area contributed by atoms with Gasteiger partial charge in [-0.25, -0.2) is 0 Å². The van der Waals surface area contributed by atoms with E-state index in [4.69, 9.17) is 4.42 Å². The van der Waals surface area contributed by atoms with Gasteiger partial charge in [-0.1, -0.05) is 28.1 Å². The van der Waals surface area contributed by atoms with Gasteiger partial charge in [-0.15, -0.1) is 24.0 Å². The molecule has 0 bridgehead atoms. The van der Waals surface area contributed by atoms with Crippen LogP contribution in [0.1, 0.15) is 11.3 Å². The van der Waals surface area contributed by atoms with Crippen molar-refractivity contribution in [1.29, 1.82) is 0 Å². The Bertz CT molecular complexity index is 526. The monoisotopic (exact) mass is 449 g/mol. The van der Waals surface area contributed by atoms with Crippen molar-refractivity contribution in [3.63, 3.8) is 0 Å². The van der Waals surface area contributed by atoms with Gasteiger partial charge >= 0.3 is 0 Å². The lowest BCUT2D eigenvalue weighted by Crippen LogP contribution is -2.36. The summed E-state index contributed by atoms with van der Waals surface area (Å²) >= 11 is 3.42. The van der Waals surface area contributed by atoms with Crippen LogP contribution in [0.15, 0.2) is 56.5 Å². The zero-order valence-electron chi connectivity index (χ0n) is 11.1. The van der Waals surface area contributed by atoms with E-state index < -0.39 is 0 Å². The van der Waals surface area contributed by atoms with Gasteiger partial charge in [-0.05, 0) is 29.8 Å². The Morgan fingerprint density at radius 3 is 2.45 bits per heavy atom.